The van der Waals surface area contributed by atoms with Gasteiger partial charge in [0.2, 0.25) is 10.0 Å². The van der Waals surface area contributed by atoms with E-state index in [9.17, 15) is 13.5 Å². The van der Waals surface area contributed by atoms with Crippen LogP contribution >= 0.6 is 0 Å². The van der Waals surface area contributed by atoms with Crippen molar-refractivity contribution in [2.45, 2.75) is 17.7 Å². The molecule has 0 aliphatic carbocycles. The average molecular weight is 303 g/mol. The molecule has 4 nitrogen and oxygen atoms in total. The lowest BCUT2D eigenvalue weighted by Crippen LogP contribution is -2.27. The van der Waals surface area contributed by atoms with E-state index in [4.69, 9.17) is 0 Å². The number of aromatic hydroxyl groups is 1. The molecule has 1 saturated heterocycles. The van der Waals surface area contributed by atoms with E-state index >= 15 is 0 Å². The molecular formula is C16H17NO3S. The number of nitrogens with zero attached hydrogens (tertiary/aromatic N) is 1. The van der Waals surface area contributed by atoms with Crippen molar-refractivity contribution in [3.8, 4) is 16.9 Å². The molecule has 3 rings (SSSR count). The number of phenolic OH excluding ortho intramolecular Hbond substituents is 1. The summed E-state index contributed by atoms with van der Waals surface area (Å²) in [6, 6.07) is 13.7. The SMILES string of the molecule is O=S(=O)(c1cccc(-c2cccc(O)c2)c1)N1CCCC1. The second-order valence-electron chi connectivity index (χ2n) is 5.19. The van der Waals surface area contributed by atoms with Crippen LogP contribution in [0.2, 0.25) is 0 Å². The Labute approximate surface area is 124 Å². The van der Waals surface area contributed by atoms with E-state index in [0.717, 1.165) is 24.0 Å². The van der Waals surface area contributed by atoms with Crippen molar-refractivity contribution in [3.63, 3.8) is 0 Å². The third-order valence-electron chi connectivity index (χ3n) is 3.72. The number of benzene rings is 2. The summed E-state index contributed by atoms with van der Waals surface area (Å²) < 4.78 is 26.7. The fourth-order valence-corrected chi connectivity index (χ4v) is 4.16. The Balaban J connectivity index is 2.00. The molecule has 21 heavy (non-hydrogen) atoms. The van der Waals surface area contributed by atoms with Crippen molar-refractivity contribution in [1.82, 2.24) is 4.31 Å². The molecule has 1 N–H and O–H groups in total. The van der Waals surface area contributed by atoms with Crippen LogP contribution in [0.5, 0.6) is 5.75 Å². The highest BCUT2D eigenvalue weighted by atomic mass is 32.2. The van der Waals surface area contributed by atoms with Gasteiger partial charge in [0.05, 0.1) is 4.90 Å². The predicted molar refractivity (Wildman–Crippen MR) is 81.5 cm³/mol. The second kappa shape index (κ2) is 5.50. The van der Waals surface area contributed by atoms with Gasteiger partial charge in [-0.1, -0.05) is 24.3 Å². The van der Waals surface area contributed by atoms with E-state index in [1.165, 1.54) is 4.31 Å². The van der Waals surface area contributed by atoms with E-state index in [0.29, 0.717) is 18.0 Å². The topological polar surface area (TPSA) is 57.6 Å². The summed E-state index contributed by atoms with van der Waals surface area (Å²) in [5.74, 6) is 0.167. The normalized spacial score (nSPS) is 16.2. The summed E-state index contributed by atoms with van der Waals surface area (Å²) in [5.41, 5.74) is 1.58. The molecule has 0 unspecified atom stereocenters. The van der Waals surface area contributed by atoms with Crippen LogP contribution in [0.3, 0.4) is 0 Å². The van der Waals surface area contributed by atoms with Crippen molar-refractivity contribution in [2.24, 2.45) is 0 Å². The van der Waals surface area contributed by atoms with Crippen LogP contribution < -0.4 is 0 Å². The third kappa shape index (κ3) is 2.80. The van der Waals surface area contributed by atoms with Crippen LogP contribution in [0.1, 0.15) is 12.8 Å². The van der Waals surface area contributed by atoms with Gasteiger partial charge in [0.1, 0.15) is 5.75 Å². The summed E-state index contributed by atoms with van der Waals surface area (Å²) in [7, 11) is -3.41. The molecule has 0 radical (unpaired) electrons. The lowest BCUT2D eigenvalue weighted by atomic mass is 10.1. The van der Waals surface area contributed by atoms with Gasteiger partial charge in [-0.3, -0.25) is 0 Å². The van der Waals surface area contributed by atoms with Gasteiger partial charge in [-0.05, 0) is 48.2 Å². The van der Waals surface area contributed by atoms with Crippen LogP contribution in [0.4, 0.5) is 0 Å². The first-order chi connectivity index (χ1) is 10.1. The van der Waals surface area contributed by atoms with Crippen molar-refractivity contribution in [1.29, 1.82) is 0 Å². The fourth-order valence-electron chi connectivity index (χ4n) is 2.60. The van der Waals surface area contributed by atoms with Gasteiger partial charge in [-0.25, -0.2) is 8.42 Å². The quantitative estimate of drug-likeness (QED) is 0.948. The summed E-state index contributed by atoms with van der Waals surface area (Å²) in [6.07, 6.45) is 1.84. The molecule has 0 amide bonds. The van der Waals surface area contributed by atoms with Gasteiger partial charge in [-0.15, -0.1) is 0 Å². The molecule has 2 aromatic rings. The molecule has 0 bridgehead atoms. The highest BCUT2D eigenvalue weighted by Crippen LogP contribution is 2.27. The number of hydrogen-bond donors (Lipinski definition) is 1. The summed E-state index contributed by atoms with van der Waals surface area (Å²) in [6.45, 7) is 1.19. The zero-order chi connectivity index (χ0) is 14.9. The van der Waals surface area contributed by atoms with E-state index < -0.39 is 10.0 Å². The minimum Gasteiger partial charge on any atom is -0.508 e. The zero-order valence-electron chi connectivity index (χ0n) is 11.6. The maximum absolute atomic E-state index is 12.6. The minimum atomic E-state index is -3.41. The zero-order valence-corrected chi connectivity index (χ0v) is 12.4. The Morgan fingerprint density at radius 1 is 0.905 bits per heavy atom. The predicted octanol–water partition coefficient (Wildman–Crippen LogP) is 2.84. The first-order valence-corrected chi connectivity index (χ1v) is 8.41. The highest BCUT2D eigenvalue weighted by molar-refractivity contribution is 7.89. The Morgan fingerprint density at radius 2 is 1.52 bits per heavy atom. The first kappa shape index (κ1) is 14.1. The van der Waals surface area contributed by atoms with E-state index in [1.54, 1.807) is 36.4 Å². The van der Waals surface area contributed by atoms with Crippen LogP contribution in [0.25, 0.3) is 11.1 Å². The third-order valence-corrected chi connectivity index (χ3v) is 5.61. The number of sulfonamides is 1. The Bertz CT molecular complexity index is 750. The molecule has 1 fully saturated rings. The smallest absolute Gasteiger partial charge is 0.243 e. The number of phenols is 1. The molecule has 0 spiro atoms. The molecule has 5 heteroatoms. The molecule has 0 atom stereocenters. The molecule has 0 aromatic heterocycles. The van der Waals surface area contributed by atoms with Gasteiger partial charge in [-0.2, -0.15) is 4.31 Å². The first-order valence-electron chi connectivity index (χ1n) is 6.97. The van der Waals surface area contributed by atoms with Crippen LogP contribution in [0.15, 0.2) is 53.4 Å². The van der Waals surface area contributed by atoms with Crippen molar-refractivity contribution in [3.05, 3.63) is 48.5 Å². The largest absolute Gasteiger partial charge is 0.508 e. The molecule has 2 aromatic carbocycles. The van der Waals surface area contributed by atoms with E-state index in [1.807, 2.05) is 12.1 Å². The Hall–Kier alpha value is -1.85. The standard InChI is InChI=1S/C16H17NO3S/c18-15-7-3-5-13(11-15)14-6-4-8-16(12-14)21(19,20)17-9-1-2-10-17/h3-8,11-12,18H,1-2,9-10H2. The number of hydrogen-bond acceptors (Lipinski definition) is 3. The fraction of sp³-hybridized carbons (Fsp3) is 0.250. The van der Waals surface area contributed by atoms with Gasteiger partial charge < -0.3 is 5.11 Å². The average Bonchev–Trinajstić information content (AvgIpc) is 3.02. The summed E-state index contributed by atoms with van der Waals surface area (Å²) in [4.78, 5) is 0.310. The van der Waals surface area contributed by atoms with E-state index in [-0.39, 0.29) is 5.75 Å². The van der Waals surface area contributed by atoms with Crippen LogP contribution in [-0.2, 0) is 10.0 Å². The van der Waals surface area contributed by atoms with Crippen molar-refractivity contribution < 1.29 is 13.5 Å². The lowest BCUT2D eigenvalue weighted by Gasteiger charge is -2.16. The maximum Gasteiger partial charge on any atom is 0.243 e. The van der Waals surface area contributed by atoms with Crippen LogP contribution in [0, 0.1) is 0 Å². The van der Waals surface area contributed by atoms with Gasteiger partial charge in [0, 0.05) is 13.1 Å². The van der Waals surface area contributed by atoms with Crippen molar-refractivity contribution in [2.75, 3.05) is 13.1 Å². The monoisotopic (exact) mass is 303 g/mol. The Morgan fingerprint density at radius 3 is 2.19 bits per heavy atom. The van der Waals surface area contributed by atoms with Gasteiger partial charge in [0.25, 0.3) is 0 Å². The summed E-state index contributed by atoms with van der Waals surface area (Å²) >= 11 is 0. The lowest BCUT2D eigenvalue weighted by molar-refractivity contribution is 0.475. The van der Waals surface area contributed by atoms with Gasteiger partial charge >= 0.3 is 0 Å². The molecule has 1 heterocycles. The van der Waals surface area contributed by atoms with Crippen LogP contribution in [-0.4, -0.2) is 30.9 Å². The molecule has 110 valence electrons. The van der Waals surface area contributed by atoms with Gasteiger partial charge in [0.15, 0.2) is 0 Å². The highest BCUT2D eigenvalue weighted by Gasteiger charge is 2.27. The molecule has 0 saturated carbocycles. The molecule has 1 aliphatic heterocycles. The number of rotatable bonds is 3. The Kier molecular flexibility index (Phi) is 3.69. The maximum atomic E-state index is 12.6. The minimum absolute atomic E-state index is 0.167. The van der Waals surface area contributed by atoms with E-state index in [2.05, 4.69) is 0 Å². The second-order valence-corrected chi connectivity index (χ2v) is 7.13. The molecular weight excluding hydrogens is 286 g/mol. The summed E-state index contributed by atoms with van der Waals surface area (Å²) in [5, 5.41) is 9.55. The van der Waals surface area contributed by atoms with Crippen molar-refractivity contribution >= 4 is 10.0 Å². The molecule has 1 aliphatic rings.